The molecular formula is C18H23N3O2. The summed E-state index contributed by atoms with van der Waals surface area (Å²) in [7, 11) is 1.58. The fourth-order valence-electron chi connectivity index (χ4n) is 2.17. The van der Waals surface area contributed by atoms with Gasteiger partial charge in [0, 0.05) is 17.4 Å². The Morgan fingerprint density at radius 2 is 1.91 bits per heavy atom. The van der Waals surface area contributed by atoms with Gasteiger partial charge in [0.15, 0.2) is 0 Å². The van der Waals surface area contributed by atoms with Crippen molar-refractivity contribution in [2.45, 2.75) is 33.2 Å². The topological polar surface area (TPSA) is 63.2 Å². The molecule has 23 heavy (non-hydrogen) atoms. The van der Waals surface area contributed by atoms with E-state index in [-0.39, 0.29) is 11.4 Å². The molecule has 2 N–H and O–H groups in total. The number of hydrogen-bond acceptors (Lipinski definition) is 4. The molecule has 2 aromatic rings. The lowest BCUT2D eigenvalue weighted by atomic mass is 10.1. The molecule has 0 aliphatic carbocycles. The summed E-state index contributed by atoms with van der Waals surface area (Å²) in [6.45, 7) is 8.14. The summed E-state index contributed by atoms with van der Waals surface area (Å²) < 4.78 is 5.28. The van der Waals surface area contributed by atoms with Crippen LogP contribution in [0.5, 0.6) is 5.75 Å². The molecule has 1 aromatic heterocycles. The summed E-state index contributed by atoms with van der Waals surface area (Å²) in [5.74, 6) is 0.347. The van der Waals surface area contributed by atoms with Crippen molar-refractivity contribution in [3.05, 3.63) is 47.8 Å². The minimum Gasteiger partial charge on any atom is -0.495 e. The first kappa shape index (κ1) is 16.8. The molecule has 1 heterocycles. The molecule has 2 rings (SSSR count). The molecular weight excluding hydrogens is 290 g/mol. The molecule has 0 saturated carbocycles. The molecule has 1 amide bonds. The number of anilines is 2. The summed E-state index contributed by atoms with van der Waals surface area (Å²) >= 11 is 0. The Labute approximate surface area is 137 Å². The first-order valence-electron chi connectivity index (χ1n) is 7.49. The van der Waals surface area contributed by atoms with E-state index in [4.69, 9.17) is 4.74 Å². The van der Waals surface area contributed by atoms with Gasteiger partial charge in [-0.2, -0.15) is 0 Å². The summed E-state index contributed by atoms with van der Waals surface area (Å²) in [5.41, 5.74) is 2.79. The lowest BCUT2D eigenvalue weighted by Gasteiger charge is -2.22. The number of nitrogens with one attached hydrogen (secondary N) is 2. The minimum atomic E-state index is -0.272. The quantitative estimate of drug-likeness (QED) is 0.899. The van der Waals surface area contributed by atoms with Crippen LogP contribution in [0, 0.1) is 6.92 Å². The number of aryl methyl sites for hydroxylation is 1. The number of rotatable bonds is 4. The maximum Gasteiger partial charge on any atom is 0.274 e. The van der Waals surface area contributed by atoms with Crippen molar-refractivity contribution in [2.24, 2.45) is 0 Å². The van der Waals surface area contributed by atoms with Gasteiger partial charge >= 0.3 is 0 Å². The summed E-state index contributed by atoms with van der Waals surface area (Å²) in [4.78, 5) is 16.6. The van der Waals surface area contributed by atoms with Crippen LogP contribution < -0.4 is 15.4 Å². The molecule has 0 bridgehead atoms. The van der Waals surface area contributed by atoms with Gasteiger partial charge in [0.05, 0.1) is 12.8 Å². The van der Waals surface area contributed by atoms with E-state index in [9.17, 15) is 4.79 Å². The Balaban J connectivity index is 2.21. The molecule has 0 unspecified atom stereocenters. The Kier molecular flexibility index (Phi) is 4.89. The number of methoxy groups -OCH3 is 1. The number of amides is 1. The number of carbonyl (C=O) groups excluding carboxylic acids is 1. The maximum absolute atomic E-state index is 12.5. The van der Waals surface area contributed by atoms with Crippen molar-refractivity contribution >= 4 is 17.3 Å². The molecule has 0 aliphatic rings. The predicted molar refractivity (Wildman–Crippen MR) is 93.3 cm³/mol. The second-order valence-electron chi connectivity index (χ2n) is 6.46. The van der Waals surface area contributed by atoms with Crippen molar-refractivity contribution in [1.82, 2.24) is 4.98 Å². The number of aromatic nitrogens is 1. The van der Waals surface area contributed by atoms with Gasteiger partial charge in [-0.3, -0.25) is 9.78 Å². The van der Waals surface area contributed by atoms with Crippen molar-refractivity contribution < 1.29 is 9.53 Å². The lowest BCUT2D eigenvalue weighted by molar-refractivity contribution is 0.102. The molecule has 0 atom stereocenters. The fraction of sp³-hybridized carbons (Fsp3) is 0.333. The molecule has 0 saturated heterocycles. The monoisotopic (exact) mass is 313 g/mol. The largest absolute Gasteiger partial charge is 0.495 e. The number of hydrogen-bond donors (Lipinski definition) is 2. The van der Waals surface area contributed by atoms with Crippen molar-refractivity contribution in [1.29, 1.82) is 0 Å². The highest BCUT2D eigenvalue weighted by Crippen LogP contribution is 2.26. The molecule has 1 aromatic carbocycles. The average Bonchev–Trinajstić information content (AvgIpc) is 2.46. The molecule has 5 heteroatoms. The van der Waals surface area contributed by atoms with Crippen molar-refractivity contribution in [3.63, 3.8) is 0 Å². The zero-order valence-electron chi connectivity index (χ0n) is 14.2. The van der Waals surface area contributed by atoms with Crippen molar-refractivity contribution in [3.8, 4) is 5.75 Å². The third-order valence-electron chi connectivity index (χ3n) is 3.12. The van der Waals surface area contributed by atoms with Crippen LogP contribution in [0.4, 0.5) is 11.4 Å². The van der Waals surface area contributed by atoms with Crippen LogP contribution in [0.1, 0.15) is 36.8 Å². The molecule has 0 spiro atoms. The smallest absolute Gasteiger partial charge is 0.274 e. The number of benzene rings is 1. The van der Waals surface area contributed by atoms with E-state index in [1.54, 1.807) is 19.4 Å². The summed E-state index contributed by atoms with van der Waals surface area (Å²) in [5, 5.41) is 6.18. The summed E-state index contributed by atoms with van der Waals surface area (Å²) in [6, 6.07) is 9.21. The minimum absolute atomic E-state index is 0.0884. The number of nitrogens with zero attached hydrogens (tertiary/aromatic N) is 1. The second kappa shape index (κ2) is 6.69. The second-order valence-corrected chi connectivity index (χ2v) is 6.46. The maximum atomic E-state index is 12.5. The predicted octanol–water partition coefficient (Wildman–Crippen LogP) is 3.86. The highest BCUT2D eigenvalue weighted by molar-refractivity contribution is 6.04. The van der Waals surface area contributed by atoms with Crippen LogP contribution in [-0.2, 0) is 0 Å². The van der Waals surface area contributed by atoms with Gasteiger partial charge in [0.25, 0.3) is 5.91 Å². The van der Waals surface area contributed by atoms with E-state index in [1.807, 2.05) is 31.2 Å². The number of pyridine rings is 1. The lowest BCUT2D eigenvalue weighted by Crippen LogP contribution is -2.26. The van der Waals surface area contributed by atoms with E-state index >= 15 is 0 Å². The highest BCUT2D eigenvalue weighted by atomic mass is 16.5. The van der Waals surface area contributed by atoms with Crippen molar-refractivity contribution in [2.75, 3.05) is 17.7 Å². The standard InChI is InChI=1S/C18H23N3O2/c1-12-6-7-16(23-5)14(10-12)20-17(22)15-11-13(8-9-19-15)21-18(2,3)4/h6-11H,1-5H3,(H,19,21)(H,20,22). The third-order valence-corrected chi connectivity index (χ3v) is 3.12. The number of carbonyl (C=O) groups is 1. The van der Waals surface area contributed by atoms with Gasteiger partial charge in [-0.1, -0.05) is 6.07 Å². The van der Waals surface area contributed by atoms with Gasteiger partial charge in [-0.15, -0.1) is 0 Å². The van der Waals surface area contributed by atoms with E-state index in [1.165, 1.54) is 0 Å². The van der Waals surface area contributed by atoms with Gasteiger partial charge in [0.2, 0.25) is 0 Å². The molecule has 122 valence electrons. The normalized spacial score (nSPS) is 11.0. The first-order valence-corrected chi connectivity index (χ1v) is 7.49. The first-order chi connectivity index (χ1) is 10.8. The van der Waals surface area contributed by atoms with Crippen LogP contribution in [0.2, 0.25) is 0 Å². The van der Waals surface area contributed by atoms with E-state index in [2.05, 4.69) is 36.4 Å². The van der Waals surface area contributed by atoms with Gasteiger partial charge in [-0.25, -0.2) is 0 Å². The van der Waals surface area contributed by atoms with E-state index < -0.39 is 0 Å². The van der Waals surface area contributed by atoms with Gasteiger partial charge in [0.1, 0.15) is 11.4 Å². The van der Waals surface area contributed by atoms with Crippen LogP contribution in [-0.4, -0.2) is 23.5 Å². The fourth-order valence-corrected chi connectivity index (χ4v) is 2.17. The Morgan fingerprint density at radius 1 is 1.17 bits per heavy atom. The van der Waals surface area contributed by atoms with E-state index in [0.717, 1.165) is 11.3 Å². The highest BCUT2D eigenvalue weighted by Gasteiger charge is 2.14. The molecule has 0 aliphatic heterocycles. The van der Waals surface area contributed by atoms with Gasteiger partial charge in [-0.05, 0) is 57.5 Å². The number of ether oxygens (including phenoxy) is 1. The average molecular weight is 313 g/mol. The zero-order chi connectivity index (χ0) is 17.0. The molecule has 5 nitrogen and oxygen atoms in total. The molecule has 0 radical (unpaired) electrons. The van der Waals surface area contributed by atoms with Gasteiger partial charge < -0.3 is 15.4 Å². The van der Waals surface area contributed by atoms with Crippen LogP contribution >= 0.6 is 0 Å². The molecule has 0 fully saturated rings. The Morgan fingerprint density at radius 3 is 2.57 bits per heavy atom. The summed E-state index contributed by atoms with van der Waals surface area (Å²) in [6.07, 6.45) is 1.62. The van der Waals surface area contributed by atoms with E-state index in [0.29, 0.717) is 17.1 Å². The zero-order valence-corrected chi connectivity index (χ0v) is 14.2. The van der Waals surface area contributed by atoms with Crippen LogP contribution in [0.15, 0.2) is 36.5 Å². The Hall–Kier alpha value is -2.56. The Bertz CT molecular complexity index is 706. The van der Waals surface area contributed by atoms with Crippen LogP contribution in [0.3, 0.4) is 0 Å². The third kappa shape index (κ3) is 4.71. The SMILES string of the molecule is COc1ccc(C)cc1NC(=O)c1cc(NC(C)(C)C)ccn1. The van der Waals surface area contributed by atoms with Crippen LogP contribution in [0.25, 0.3) is 0 Å².